The Morgan fingerprint density at radius 2 is 1.25 bits per heavy atom. The van der Waals surface area contributed by atoms with Gasteiger partial charge in [-0.15, -0.1) is 0 Å². The molecular formula is C42H62N2O3Si. The normalized spacial score (nSPS) is 15.1. The van der Waals surface area contributed by atoms with Gasteiger partial charge in [-0.05, 0) is 66.5 Å². The van der Waals surface area contributed by atoms with Gasteiger partial charge in [-0.2, -0.15) is 0 Å². The molecule has 0 aliphatic carbocycles. The van der Waals surface area contributed by atoms with E-state index in [0.29, 0.717) is 20.9 Å². The Bertz CT molecular complexity index is 1280. The molecule has 2 heterocycles. The third kappa shape index (κ3) is 13.7. The molecule has 0 N–H and O–H groups in total. The van der Waals surface area contributed by atoms with Crippen LogP contribution in [-0.2, 0) is 11.2 Å². The quantitative estimate of drug-likeness (QED) is 0.0663. The van der Waals surface area contributed by atoms with Crippen molar-refractivity contribution in [3.8, 4) is 34.0 Å². The van der Waals surface area contributed by atoms with E-state index in [1.54, 1.807) is 0 Å². The van der Waals surface area contributed by atoms with Crippen LogP contribution in [0.25, 0.3) is 22.5 Å². The van der Waals surface area contributed by atoms with Crippen molar-refractivity contribution in [2.45, 2.75) is 148 Å². The third-order valence-electron chi connectivity index (χ3n) is 9.56. The van der Waals surface area contributed by atoms with Crippen LogP contribution >= 0.6 is 0 Å². The highest BCUT2D eigenvalue weighted by Gasteiger charge is 2.27. The second-order valence-corrected chi connectivity index (χ2v) is 15.8. The summed E-state index contributed by atoms with van der Waals surface area (Å²) in [4.78, 5) is 9.41. The maximum atomic E-state index is 6.25. The average molecular weight is 671 g/mol. The first-order valence-electron chi connectivity index (χ1n) is 19.3. The Labute approximate surface area is 294 Å². The molecule has 0 saturated carbocycles. The zero-order valence-electron chi connectivity index (χ0n) is 30.5. The number of unbranched alkanes of at least 4 members (excludes halogenated alkanes) is 9. The van der Waals surface area contributed by atoms with E-state index in [9.17, 15) is 0 Å². The van der Waals surface area contributed by atoms with Gasteiger partial charge in [0.1, 0.15) is 0 Å². The molecule has 0 bridgehead atoms. The summed E-state index contributed by atoms with van der Waals surface area (Å²) >= 11 is 0. The molecule has 1 aliphatic heterocycles. The molecule has 3 unspecified atom stereocenters. The molecule has 48 heavy (non-hydrogen) atoms. The van der Waals surface area contributed by atoms with E-state index in [4.69, 9.17) is 24.2 Å². The topological polar surface area (TPSA) is 53.5 Å². The molecule has 1 aliphatic rings. The first kappa shape index (κ1) is 38.1. The Morgan fingerprint density at radius 1 is 0.646 bits per heavy atom. The number of benzene rings is 2. The summed E-state index contributed by atoms with van der Waals surface area (Å²) < 4.78 is 18.2. The second kappa shape index (κ2) is 22.1. The molecule has 5 nitrogen and oxygen atoms in total. The zero-order chi connectivity index (χ0) is 33.8. The van der Waals surface area contributed by atoms with Crippen molar-refractivity contribution in [2.24, 2.45) is 5.92 Å². The molecule has 2 radical (unpaired) electrons. The number of ether oxygens (including phenoxy) is 3. The molecule has 3 aromatic rings. The van der Waals surface area contributed by atoms with Crippen molar-refractivity contribution in [3.63, 3.8) is 0 Å². The lowest BCUT2D eigenvalue weighted by Gasteiger charge is -2.15. The predicted molar refractivity (Wildman–Crippen MR) is 202 cm³/mol. The monoisotopic (exact) mass is 670 g/mol. The Morgan fingerprint density at radius 3 is 1.98 bits per heavy atom. The van der Waals surface area contributed by atoms with Crippen LogP contribution in [0.3, 0.4) is 0 Å². The van der Waals surface area contributed by atoms with E-state index in [0.717, 1.165) is 66.6 Å². The number of fused-ring (bicyclic) bond motifs is 1. The number of hydrogen-bond acceptors (Lipinski definition) is 5. The molecule has 262 valence electrons. The fourth-order valence-electron chi connectivity index (χ4n) is 6.42. The van der Waals surface area contributed by atoms with E-state index in [2.05, 4.69) is 52.0 Å². The van der Waals surface area contributed by atoms with Gasteiger partial charge in [0.25, 0.3) is 0 Å². The van der Waals surface area contributed by atoms with Gasteiger partial charge >= 0.3 is 0 Å². The van der Waals surface area contributed by atoms with E-state index < -0.39 is 0 Å². The first-order valence-corrected chi connectivity index (χ1v) is 20.4. The maximum Gasteiger partial charge on any atom is 0.215 e. The van der Waals surface area contributed by atoms with Gasteiger partial charge in [0.2, 0.25) is 5.91 Å². The molecule has 4 rings (SSSR count). The largest absolute Gasteiger partial charge is 0.456 e. The van der Waals surface area contributed by atoms with Crippen LogP contribution in [0.5, 0.6) is 11.5 Å². The van der Waals surface area contributed by atoms with Crippen molar-refractivity contribution in [1.29, 1.82) is 0 Å². The number of aryl methyl sites for hydroxylation is 1. The maximum absolute atomic E-state index is 6.25. The number of hydrogen-bond donors (Lipinski definition) is 0. The van der Waals surface area contributed by atoms with Crippen molar-refractivity contribution in [3.05, 3.63) is 60.4 Å². The Kier molecular flexibility index (Phi) is 17.5. The van der Waals surface area contributed by atoms with E-state index in [1.165, 1.54) is 95.5 Å². The number of rotatable bonds is 25. The molecule has 0 spiro atoms. The second-order valence-electron chi connectivity index (χ2n) is 14.0. The molecule has 0 fully saturated rings. The summed E-state index contributed by atoms with van der Waals surface area (Å²) in [5.74, 6) is 3.02. The van der Waals surface area contributed by atoms with Crippen LogP contribution in [0.4, 0.5) is 0 Å². The standard InChI is InChI=1S/C42H62N2O3Si/c1-5-7-9-16-28-45-29-17-15-21-35-22-24-36(25-23-35)38-31-43-41(44-32-38)37-26-27-39-40(30-37)47-42(46-39)48-34(4)20-14-11-10-13-19-33(3)18-12-8-6-2/h22-27,30-34,42H,5-21,28-29H2,1-4H3. The van der Waals surface area contributed by atoms with Crippen LogP contribution in [0.15, 0.2) is 54.9 Å². The fraction of sp³-hybridized carbons (Fsp3) is 0.619. The van der Waals surface area contributed by atoms with Gasteiger partial charge < -0.3 is 14.2 Å². The highest BCUT2D eigenvalue weighted by atomic mass is 28.2. The lowest BCUT2D eigenvalue weighted by Crippen LogP contribution is -2.28. The smallest absolute Gasteiger partial charge is 0.215 e. The van der Waals surface area contributed by atoms with Crippen molar-refractivity contribution < 1.29 is 14.2 Å². The third-order valence-corrected chi connectivity index (χ3v) is 10.9. The minimum Gasteiger partial charge on any atom is -0.456 e. The fourth-order valence-corrected chi connectivity index (χ4v) is 7.64. The van der Waals surface area contributed by atoms with Gasteiger partial charge in [-0.3, -0.25) is 0 Å². The lowest BCUT2D eigenvalue weighted by molar-refractivity contribution is 0.122. The van der Waals surface area contributed by atoms with Crippen molar-refractivity contribution >= 4 is 9.52 Å². The predicted octanol–water partition coefficient (Wildman–Crippen LogP) is 11.9. The first-order chi connectivity index (χ1) is 23.6. The molecule has 1 aromatic heterocycles. The number of nitrogens with zero attached hydrogens (tertiary/aromatic N) is 2. The van der Waals surface area contributed by atoms with Crippen molar-refractivity contribution in [1.82, 2.24) is 9.97 Å². The van der Waals surface area contributed by atoms with Crippen LogP contribution in [0.2, 0.25) is 5.54 Å². The SMILES string of the molecule is CCCCCCOCCCCc1ccc(-c2cnc(-c3ccc4c(c3)OC([Si]C(C)CCCCCCC(C)CCCCC)O4)nc2)cc1. The van der Waals surface area contributed by atoms with Crippen molar-refractivity contribution in [2.75, 3.05) is 13.2 Å². The van der Waals surface area contributed by atoms with Gasteiger partial charge in [0, 0.05) is 36.7 Å². The molecule has 2 aromatic carbocycles. The number of aromatic nitrogens is 2. The molecule has 6 heteroatoms. The summed E-state index contributed by atoms with van der Waals surface area (Å²) in [5.41, 5.74) is 5.07. The van der Waals surface area contributed by atoms with Gasteiger partial charge in [-0.1, -0.05) is 135 Å². The van der Waals surface area contributed by atoms with Crippen LogP contribution < -0.4 is 9.47 Å². The van der Waals surface area contributed by atoms with E-state index in [1.807, 2.05) is 30.6 Å². The van der Waals surface area contributed by atoms with Crippen LogP contribution in [0, 0.1) is 5.92 Å². The van der Waals surface area contributed by atoms with Gasteiger partial charge in [0.15, 0.2) is 26.8 Å². The average Bonchev–Trinajstić information content (AvgIpc) is 3.51. The molecule has 0 amide bonds. The molecule has 3 atom stereocenters. The van der Waals surface area contributed by atoms with E-state index >= 15 is 0 Å². The minimum atomic E-state index is -0.186. The van der Waals surface area contributed by atoms with Gasteiger partial charge in [0.05, 0.1) is 0 Å². The zero-order valence-corrected chi connectivity index (χ0v) is 31.5. The minimum absolute atomic E-state index is 0.186. The highest BCUT2D eigenvalue weighted by Crippen LogP contribution is 2.38. The Balaban J connectivity index is 1.13. The highest BCUT2D eigenvalue weighted by molar-refractivity contribution is 6.38. The Hall–Kier alpha value is -2.70. The van der Waals surface area contributed by atoms with Crippen LogP contribution in [-0.4, -0.2) is 38.6 Å². The van der Waals surface area contributed by atoms with Gasteiger partial charge in [-0.25, -0.2) is 9.97 Å². The van der Waals surface area contributed by atoms with E-state index in [-0.39, 0.29) is 5.91 Å². The summed E-state index contributed by atoms with van der Waals surface area (Å²) in [6, 6.07) is 14.9. The molecule has 0 saturated heterocycles. The summed E-state index contributed by atoms with van der Waals surface area (Å²) in [7, 11) is 0.626. The summed E-state index contributed by atoms with van der Waals surface area (Å²) in [5, 5.41) is 0. The molecular weight excluding hydrogens is 609 g/mol. The lowest BCUT2D eigenvalue weighted by atomic mass is 9.96. The van der Waals surface area contributed by atoms with Crippen LogP contribution in [0.1, 0.15) is 136 Å². The summed E-state index contributed by atoms with van der Waals surface area (Å²) in [6.45, 7) is 11.1. The summed E-state index contributed by atoms with van der Waals surface area (Å²) in [6.07, 6.45) is 25.8.